The van der Waals surface area contributed by atoms with E-state index >= 15 is 0 Å². The van der Waals surface area contributed by atoms with Gasteiger partial charge in [-0.05, 0) is 30.3 Å². The lowest BCUT2D eigenvalue weighted by Gasteiger charge is -2.07. The molecule has 2 aromatic rings. The zero-order valence-electron chi connectivity index (χ0n) is 10.6. The maximum absolute atomic E-state index is 13.5. The maximum Gasteiger partial charge on any atom is 0.335 e. The summed E-state index contributed by atoms with van der Waals surface area (Å²) < 4.78 is 19.0. The van der Waals surface area contributed by atoms with Crippen molar-refractivity contribution >= 4 is 17.7 Å². The van der Waals surface area contributed by atoms with Gasteiger partial charge < -0.3 is 9.84 Å². The molecule has 0 aliphatic rings. The van der Waals surface area contributed by atoms with E-state index in [9.17, 15) is 9.18 Å². The highest BCUT2D eigenvalue weighted by molar-refractivity contribution is 7.99. The molecule has 3 nitrogen and oxygen atoms in total. The Bertz CT molecular complexity index is 587. The molecule has 0 aromatic heterocycles. The monoisotopic (exact) mass is 292 g/mol. The van der Waals surface area contributed by atoms with E-state index in [1.807, 2.05) is 30.3 Å². The lowest BCUT2D eigenvalue weighted by Crippen LogP contribution is -2.01. The highest BCUT2D eigenvalue weighted by atomic mass is 32.2. The SMILES string of the molecule is O=C(O)c1ccc(F)c(SCCOc2ccccc2)c1. The van der Waals surface area contributed by atoms with E-state index in [-0.39, 0.29) is 5.56 Å². The van der Waals surface area contributed by atoms with Crippen molar-refractivity contribution < 1.29 is 19.0 Å². The molecule has 0 saturated heterocycles. The second-order valence-corrected chi connectivity index (χ2v) is 5.10. The third-order valence-electron chi connectivity index (χ3n) is 2.53. The average molecular weight is 292 g/mol. The molecule has 0 atom stereocenters. The van der Waals surface area contributed by atoms with Crippen LogP contribution < -0.4 is 4.74 Å². The molecule has 0 bridgehead atoms. The van der Waals surface area contributed by atoms with E-state index in [2.05, 4.69) is 0 Å². The largest absolute Gasteiger partial charge is 0.493 e. The van der Waals surface area contributed by atoms with Gasteiger partial charge in [0.1, 0.15) is 11.6 Å². The number of hydrogen-bond donors (Lipinski definition) is 1. The number of ether oxygens (including phenoxy) is 1. The molecule has 2 aromatic carbocycles. The van der Waals surface area contributed by atoms with Crippen molar-refractivity contribution in [1.82, 2.24) is 0 Å². The Balaban J connectivity index is 1.88. The Kier molecular flexibility index (Phi) is 5.01. The highest BCUT2D eigenvalue weighted by Crippen LogP contribution is 2.23. The Morgan fingerprint density at radius 3 is 2.65 bits per heavy atom. The Morgan fingerprint density at radius 2 is 1.95 bits per heavy atom. The molecule has 5 heteroatoms. The Hall–Kier alpha value is -2.01. The fourth-order valence-corrected chi connectivity index (χ4v) is 2.38. The molecule has 0 aliphatic heterocycles. The van der Waals surface area contributed by atoms with E-state index in [1.54, 1.807) is 0 Å². The zero-order valence-corrected chi connectivity index (χ0v) is 11.4. The summed E-state index contributed by atoms with van der Waals surface area (Å²) in [6, 6.07) is 13.1. The normalized spacial score (nSPS) is 10.2. The van der Waals surface area contributed by atoms with Crippen LogP contribution in [0.5, 0.6) is 5.75 Å². The Labute approximate surface area is 120 Å². The predicted octanol–water partition coefficient (Wildman–Crippen LogP) is 3.70. The van der Waals surface area contributed by atoms with Crippen LogP contribution in [0.4, 0.5) is 4.39 Å². The van der Waals surface area contributed by atoms with Crippen molar-refractivity contribution in [3.63, 3.8) is 0 Å². The van der Waals surface area contributed by atoms with Gasteiger partial charge in [0.15, 0.2) is 0 Å². The second-order valence-electron chi connectivity index (χ2n) is 3.96. The fraction of sp³-hybridized carbons (Fsp3) is 0.133. The minimum Gasteiger partial charge on any atom is -0.493 e. The summed E-state index contributed by atoms with van der Waals surface area (Å²) in [7, 11) is 0. The summed E-state index contributed by atoms with van der Waals surface area (Å²) in [6.45, 7) is 0.422. The summed E-state index contributed by atoms with van der Waals surface area (Å²) in [6.07, 6.45) is 0. The number of benzene rings is 2. The minimum absolute atomic E-state index is 0.0814. The molecule has 0 spiro atoms. The fourth-order valence-electron chi connectivity index (χ4n) is 1.57. The number of carboxylic acids is 1. The quantitative estimate of drug-likeness (QED) is 0.651. The van der Waals surface area contributed by atoms with Crippen LogP contribution in [0.3, 0.4) is 0 Å². The van der Waals surface area contributed by atoms with Gasteiger partial charge in [0, 0.05) is 10.6 Å². The van der Waals surface area contributed by atoms with Crippen LogP contribution in [0, 0.1) is 5.82 Å². The van der Waals surface area contributed by atoms with E-state index in [0.29, 0.717) is 17.3 Å². The lowest BCUT2D eigenvalue weighted by atomic mass is 10.2. The molecule has 0 saturated carbocycles. The standard InChI is InChI=1S/C15H13FO3S/c16-13-7-6-11(15(17)18)10-14(13)20-9-8-19-12-4-2-1-3-5-12/h1-7,10H,8-9H2,(H,17,18). The molecule has 1 N–H and O–H groups in total. The third kappa shape index (κ3) is 3.99. The van der Waals surface area contributed by atoms with Crippen molar-refractivity contribution in [2.45, 2.75) is 4.90 Å². The number of rotatable bonds is 6. The second kappa shape index (κ2) is 6.96. The molecule has 20 heavy (non-hydrogen) atoms. The zero-order chi connectivity index (χ0) is 14.4. The molecule has 0 radical (unpaired) electrons. The van der Waals surface area contributed by atoms with Crippen LogP contribution in [-0.4, -0.2) is 23.4 Å². The van der Waals surface area contributed by atoms with Gasteiger partial charge in [-0.2, -0.15) is 0 Å². The van der Waals surface area contributed by atoms with E-state index in [1.165, 1.54) is 30.0 Å². The number of aromatic carboxylic acids is 1. The molecule has 0 aliphatic carbocycles. The van der Waals surface area contributed by atoms with Gasteiger partial charge in [0.2, 0.25) is 0 Å². The molecule has 0 fully saturated rings. The van der Waals surface area contributed by atoms with E-state index in [0.717, 1.165) is 5.75 Å². The number of thioether (sulfide) groups is 1. The van der Waals surface area contributed by atoms with Crippen LogP contribution >= 0.6 is 11.8 Å². The Morgan fingerprint density at radius 1 is 1.20 bits per heavy atom. The van der Waals surface area contributed by atoms with Crippen molar-refractivity contribution in [3.05, 3.63) is 59.9 Å². The molecule has 0 unspecified atom stereocenters. The van der Waals surface area contributed by atoms with E-state index < -0.39 is 11.8 Å². The summed E-state index contributed by atoms with van der Waals surface area (Å²) in [5.41, 5.74) is 0.0814. The van der Waals surface area contributed by atoms with Crippen LogP contribution in [-0.2, 0) is 0 Å². The summed E-state index contributed by atoms with van der Waals surface area (Å²) >= 11 is 1.23. The highest BCUT2D eigenvalue weighted by Gasteiger charge is 2.08. The van der Waals surface area contributed by atoms with Gasteiger partial charge in [-0.25, -0.2) is 9.18 Å². The van der Waals surface area contributed by atoms with Crippen molar-refractivity contribution in [3.8, 4) is 5.75 Å². The molecular weight excluding hydrogens is 279 g/mol. The summed E-state index contributed by atoms with van der Waals surface area (Å²) in [5, 5.41) is 8.86. The summed E-state index contributed by atoms with van der Waals surface area (Å²) in [4.78, 5) is 11.1. The molecular formula is C15H13FO3S. The molecule has 0 amide bonds. The first-order chi connectivity index (χ1) is 9.66. The summed E-state index contributed by atoms with van der Waals surface area (Å²) in [5.74, 6) is -0.186. The number of carboxylic acid groups (broad SMARTS) is 1. The average Bonchev–Trinajstić information content (AvgIpc) is 2.46. The predicted molar refractivity (Wildman–Crippen MR) is 76.0 cm³/mol. The van der Waals surface area contributed by atoms with Crippen LogP contribution in [0.25, 0.3) is 0 Å². The third-order valence-corrected chi connectivity index (χ3v) is 3.53. The van der Waals surface area contributed by atoms with Crippen LogP contribution in [0.1, 0.15) is 10.4 Å². The van der Waals surface area contributed by atoms with Crippen LogP contribution in [0.2, 0.25) is 0 Å². The van der Waals surface area contributed by atoms with Gasteiger partial charge in [-0.3, -0.25) is 0 Å². The minimum atomic E-state index is -1.06. The molecule has 2 rings (SSSR count). The van der Waals surface area contributed by atoms with Gasteiger partial charge >= 0.3 is 5.97 Å². The van der Waals surface area contributed by atoms with E-state index in [4.69, 9.17) is 9.84 Å². The smallest absolute Gasteiger partial charge is 0.335 e. The number of para-hydroxylation sites is 1. The van der Waals surface area contributed by atoms with Gasteiger partial charge in [-0.15, -0.1) is 11.8 Å². The van der Waals surface area contributed by atoms with Crippen LogP contribution in [0.15, 0.2) is 53.4 Å². The molecule has 0 heterocycles. The van der Waals surface area contributed by atoms with Crippen molar-refractivity contribution in [2.75, 3.05) is 12.4 Å². The molecule has 104 valence electrons. The van der Waals surface area contributed by atoms with Gasteiger partial charge in [0.05, 0.1) is 12.2 Å². The van der Waals surface area contributed by atoms with Crippen molar-refractivity contribution in [2.24, 2.45) is 0 Å². The number of halogens is 1. The first-order valence-electron chi connectivity index (χ1n) is 6.00. The first-order valence-corrected chi connectivity index (χ1v) is 6.99. The lowest BCUT2D eigenvalue weighted by molar-refractivity contribution is 0.0696. The van der Waals surface area contributed by atoms with Gasteiger partial charge in [-0.1, -0.05) is 18.2 Å². The maximum atomic E-state index is 13.5. The number of hydrogen-bond acceptors (Lipinski definition) is 3. The topological polar surface area (TPSA) is 46.5 Å². The van der Waals surface area contributed by atoms with Gasteiger partial charge in [0.25, 0.3) is 0 Å². The first kappa shape index (κ1) is 14.4. The van der Waals surface area contributed by atoms with Crippen molar-refractivity contribution in [1.29, 1.82) is 0 Å². The number of carbonyl (C=O) groups is 1.